The number of hydrogen-bond acceptors (Lipinski definition) is 3. The van der Waals surface area contributed by atoms with Crippen molar-refractivity contribution >= 4 is 130 Å². The van der Waals surface area contributed by atoms with Crippen molar-refractivity contribution in [3.05, 3.63) is 534 Å². The molecule has 0 aliphatic heterocycles. The quantitative estimate of drug-likeness (QED) is 0.108. The van der Waals surface area contributed by atoms with Gasteiger partial charge in [0, 0.05) is 33.8 Å². The molecule has 3 aromatic heterocycles. The van der Waals surface area contributed by atoms with Crippen LogP contribution in [0.5, 0.6) is 0 Å². The largest absolute Gasteiger partial charge is 0.292 e. The van der Waals surface area contributed by atoms with Crippen LogP contribution < -0.4 is 0 Å². The summed E-state index contributed by atoms with van der Waals surface area (Å²) >= 11 is 0. The first-order valence-electron chi connectivity index (χ1n) is 48.3. The lowest BCUT2D eigenvalue weighted by Crippen LogP contribution is -1.97. The summed E-state index contributed by atoms with van der Waals surface area (Å²) in [4.78, 5) is 15.5. The van der Waals surface area contributed by atoms with Crippen molar-refractivity contribution in [2.45, 2.75) is 7.43 Å². The third-order valence-corrected chi connectivity index (χ3v) is 28.1. The summed E-state index contributed by atoms with van der Waals surface area (Å²) in [6, 6.07) is 192. The van der Waals surface area contributed by atoms with Crippen molar-refractivity contribution in [3.63, 3.8) is 0 Å². The Hall–Kier alpha value is -18.8. The molecule has 0 radical (unpaired) electrons. The highest BCUT2D eigenvalue weighted by atomic mass is 15.1. The Morgan fingerprint density at radius 3 is 0.669 bits per heavy atom. The number of hydrogen-bond donors (Lipinski definition) is 0. The van der Waals surface area contributed by atoms with E-state index in [1.807, 2.05) is 12.1 Å². The van der Waals surface area contributed by atoms with Gasteiger partial charge < -0.3 is 0 Å². The fourth-order valence-corrected chi connectivity index (χ4v) is 21.7. The molecule has 142 heavy (non-hydrogen) atoms. The fourth-order valence-electron chi connectivity index (χ4n) is 21.7. The number of benzene rings is 25. The normalized spacial score (nSPS) is 11.5. The summed E-state index contributed by atoms with van der Waals surface area (Å²) in [5, 5.41) is 22.6. The number of imidazole rings is 3. The molecule has 0 saturated carbocycles. The molecule has 3 heterocycles. The molecule has 28 aromatic rings. The van der Waals surface area contributed by atoms with E-state index in [0.717, 1.165) is 101 Å². The van der Waals surface area contributed by atoms with Crippen LogP contribution >= 0.6 is 0 Å². The SMILES string of the molecule is C.c1ccc(-c2nc3cc(-c4c5ccccc5c(-c5ccc6ccccc6c5)c5ccccc45)ccc3n2-c2ccccc2)cc1.c1ccc(-c2nc3cc(-c4ccc(-c5c6ccccc6c(-c6ccc7ccccc7c6)c6ccccc56)cc4)ccc3n2-c2ccccc2)cc1.c1ccc(-c2nc3ccccc3n2-c2ccc(-c3c4ccccc4c(-c4ccc5ccccc5c4)c4ccccc34)cc2)cc1. The molecular formula is C136H92N6. The van der Waals surface area contributed by atoms with Crippen molar-refractivity contribution in [2.24, 2.45) is 0 Å². The zero-order chi connectivity index (χ0) is 93.2. The number of rotatable bonds is 13. The lowest BCUT2D eigenvalue weighted by Gasteiger charge is -2.18. The molecule has 0 aliphatic rings. The Morgan fingerprint density at radius 2 is 0.338 bits per heavy atom. The third kappa shape index (κ3) is 15.1. The molecule has 0 atom stereocenters. The van der Waals surface area contributed by atoms with Crippen LogP contribution in [-0.4, -0.2) is 28.7 Å². The molecule has 0 fully saturated rings. The summed E-state index contributed by atoms with van der Waals surface area (Å²) in [6.07, 6.45) is 0. The van der Waals surface area contributed by atoms with E-state index in [0.29, 0.717) is 0 Å². The van der Waals surface area contributed by atoms with Crippen molar-refractivity contribution in [1.82, 2.24) is 28.7 Å². The van der Waals surface area contributed by atoms with E-state index in [1.54, 1.807) is 0 Å². The van der Waals surface area contributed by atoms with Gasteiger partial charge in [-0.25, -0.2) is 15.0 Å². The standard InChI is InChI=1S/C49H32N2.2C43H28N2.CH4/c1-3-14-36(15-4-1)49-50-45-32-38(29-30-46(45)51(49)40-17-5-2-6-18-40)34-23-26-35(27-24-34)47-41-19-9-11-21-43(41)48(44-22-12-10-20-42(44)47)39-28-25-33-13-7-8-16-37(33)31-39;1-3-14-30(15-4-1)43-44-39-28-33(25-26-40(39)45(43)34-17-5-2-6-18-34)42-37-21-11-9-19-35(37)41(36-20-10-12-22-38(36)42)32-24-23-29-13-7-8-16-31(29)27-32;1-2-13-31(14-3-1)43-44-39-20-10-11-21-40(39)45(43)34-26-24-30(25-27-34)41-35-16-6-8-18-37(35)42(38-19-9-7-17-36(38)41)33-23-22-29-12-4-5-15-32(29)28-33;/h1-32H;2*1-28H;1H4. The number of fused-ring (bicyclic) bond motifs is 12. The highest BCUT2D eigenvalue weighted by Gasteiger charge is 2.26. The van der Waals surface area contributed by atoms with E-state index in [2.05, 4.69) is 535 Å². The predicted octanol–water partition coefficient (Wildman–Crippen LogP) is 36.8. The maximum Gasteiger partial charge on any atom is 0.145 e. The second-order valence-corrected chi connectivity index (χ2v) is 36.3. The summed E-state index contributed by atoms with van der Waals surface area (Å²) in [5.41, 5.74) is 30.0. The topological polar surface area (TPSA) is 53.5 Å². The van der Waals surface area contributed by atoms with Gasteiger partial charge in [0.25, 0.3) is 0 Å². The van der Waals surface area contributed by atoms with E-state index in [9.17, 15) is 0 Å². The first kappa shape index (κ1) is 85.0. The van der Waals surface area contributed by atoms with Gasteiger partial charge in [-0.2, -0.15) is 0 Å². The van der Waals surface area contributed by atoms with E-state index >= 15 is 0 Å². The van der Waals surface area contributed by atoms with Gasteiger partial charge in [0.1, 0.15) is 17.5 Å². The number of para-hydroxylation sites is 4. The predicted molar refractivity (Wildman–Crippen MR) is 602 cm³/mol. The van der Waals surface area contributed by atoms with Gasteiger partial charge in [0.05, 0.1) is 33.1 Å². The Morgan fingerprint density at radius 1 is 0.127 bits per heavy atom. The second-order valence-electron chi connectivity index (χ2n) is 36.3. The first-order chi connectivity index (χ1) is 70.0. The van der Waals surface area contributed by atoms with Gasteiger partial charge >= 0.3 is 0 Å². The molecule has 0 spiro atoms. The Kier molecular flexibility index (Phi) is 21.8. The van der Waals surface area contributed by atoms with E-state index in [-0.39, 0.29) is 7.43 Å². The monoisotopic (exact) mass is 1810 g/mol. The van der Waals surface area contributed by atoms with E-state index in [1.165, 1.54) is 158 Å². The zero-order valence-electron chi connectivity index (χ0n) is 77.0. The Balaban J connectivity index is 0.000000112. The molecule has 0 N–H and O–H groups in total. The average molecular weight is 1810 g/mol. The molecule has 0 amide bonds. The molecule has 25 aromatic carbocycles. The minimum atomic E-state index is 0. The number of aromatic nitrogens is 6. The molecule has 0 saturated heterocycles. The zero-order valence-corrected chi connectivity index (χ0v) is 77.0. The molecule has 6 heteroatoms. The van der Waals surface area contributed by atoms with Gasteiger partial charge in [-0.15, -0.1) is 0 Å². The summed E-state index contributed by atoms with van der Waals surface area (Å²) in [7, 11) is 0. The van der Waals surface area contributed by atoms with E-state index < -0.39 is 0 Å². The molecule has 6 nitrogen and oxygen atoms in total. The molecule has 666 valence electrons. The van der Waals surface area contributed by atoms with E-state index in [4.69, 9.17) is 15.0 Å². The van der Waals surface area contributed by atoms with Gasteiger partial charge in [-0.3, -0.25) is 13.7 Å². The van der Waals surface area contributed by atoms with Crippen LogP contribution in [0.1, 0.15) is 7.43 Å². The molecular weight excluding hydrogens is 1720 g/mol. The third-order valence-electron chi connectivity index (χ3n) is 28.1. The average Bonchev–Trinajstić information content (AvgIpc) is 1.26. The van der Waals surface area contributed by atoms with Crippen LogP contribution in [0.3, 0.4) is 0 Å². The summed E-state index contributed by atoms with van der Waals surface area (Å²) in [5.74, 6) is 2.82. The lowest BCUT2D eigenvalue weighted by atomic mass is 9.85. The molecule has 0 aliphatic carbocycles. The maximum atomic E-state index is 5.26. The van der Waals surface area contributed by atoms with Crippen LogP contribution in [0.2, 0.25) is 0 Å². The highest BCUT2D eigenvalue weighted by molar-refractivity contribution is 6.25. The maximum absolute atomic E-state index is 5.26. The van der Waals surface area contributed by atoms with Crippen LogP contribution in [0.15, 0.2) is 534 Å². The van der Waals surface area contributed by atoms with Crippen molar-refractivity contribution in [3.8, 4) is 129 Å². The summed E-state index contributed by atoms with van der Waals surface area (Å²) in [6.45, 7) is 0. The van der Waals surface area contributed by atoms with Crippen LogP contribution in [-0.2, 0) is 0 Å². The van der Waals surface area contributed by atoms with Crippen LogP contribution in [0.4, 0.5) is 0 Å². The van der Waals surface area contributed by atoms with Crippen molar-refractivity contribution < 1.29 is 0 Å². The van der Waals surface area contributed by atoms with Gasteiger partial charge in [0.2, 0.25) is 0 Å². The first-order valence-corrected chi connectivity index (χ1v) is 48.3. The highest BCUT2D eigenvalue weighted by Crippen LogP contribution is 2.50. The van der Waals surface area contributed by atoms with Crippen molar-refractivity contribution in [1.29, 1.82) is 0 Å². The fraction of sp³-hybridized carbons (Fsp3) is 0.00735. The van der Waals surface area contributed by atoms with Gasteiger partial charge in [0.15, 0.2) is 0 Å². The second kappa shape index (κ2) is 36.4. The summed E-state index contributed by atoms with van der Waals surface area (Å²) < 4.78 is 6.80. The molecule has 28 rings (SSSR count). The Labute approximate surface area is 823 Å². The van der Waals surface area contributed by atoms with Gasteiger partial charge in [-0.05, 0) is 266 Å². The minimum Gasteiger partial charge on any atom is -0.292 e. The Bertz CT molecular complexity index is 9540. The van der Waals surface area contributed by atoms with Crippen molar-refractivity contribution in [2.75, 3.05) is 0 Å². The number of nitrogens with zero attached hydrogens (tertiary/aromatic N) is 6. The smallest absolute Gasteiger partial charge is 0.145 e. The molecule has 0 bridgehead atoms. The molecule has 0 unspecified atom stereocenters. The lowest BCUT2D eigenvalue weighted by molar-refractivity contribution is 1.10. The minimum absolute atomic E-state index is 0. The van der Waals surface area contributed by atoms with Crippen LogP contribution in [0, 0.1) is 0 Å². The van der Waals surface area contributed by atoms with Gasteiger partial charge in [-0.1, -0.05) is 450 Å². The van der Waals surface area contributed by atoms with Crippen LogP contribution in [0.25, 0.3) is 259 Å².